The summed E-state index contributed by atoms with van der Waals surface area (Å²) in [7, 11) is 2.13. The summed E-state index contributed by atoms with van der Waals surface area (Å²) in [5.41, 5.74) is 0. The standard InChI is InChI=1S/C12H25N/c1-4-10(2)12(13-3)11-8-6-5-7-9-11/h10-13H,4-9H2,1-3H3. The molecule has 78 valence electrons. The van der Waals surface area contributed by atoms with E-state index in [0.29, 0.717) is 0 Å². The molecule has 0 heterocycles. The SMILES string of the molecule is CCC(C)C(NC)C1CCCCC1. The van der Waals surface area contributed by atoms with Crippen molar-refractivity contribution in [2.24, 2.45) is 11.8 Å². The molecule has 0 aromatic rings. The Bertz CT molecular complexity index is 127. The zero-order valence-electron chi connectivity index (χ0n) is 9.47. The van der Waals surface area contributed by atoms with E-state index in [4.69, 9.17) is 0 Å². The molecule has 0 amide bonds. The van der Waals surface area contributed by atoms with E-state index in [-0.39, 0.29) is 0 Å². The van der Waals surface area contributed by atoms with Crippen LogP contribution in [0.4, 0.5) is 0 Å². The first-order valence-electron chi connectivity index (χ1n) is 5.96. The Labute approximate surface area is 83.3 Å². The van der Waals surface area contributed by atoms with Crippen molar-refractivity contribution >= 4 is 0 Å². The van der Waals surface area contributed by atoms with Crippen LogP contribution < -0.4 is 5.32 Å². The summed E-state index contributed by atoms with van der Waals surface area (Å²) in [6.07, 6.45) is 8.60. The zero-order valence-corrected chi connectivity index (χ0v) is 9.47. The number of nitrogens with one attached hydrogen (secondary N) is 1. The second-order valence-corrected chi connectivity index (χ2v) is 4.60. The van der Waals surface area contributed by atoms with Crippen LogP contribution >= 0.6 is 0 Å². The van der Waals surface area contributed by atoms with E-state index in [2.05, 4.69) is 26.2 Å². The fraction of sp³-hybridized carbons (Fsp3) is 1.00. The highest BCUT2D eigenvalue weighted by atomic mass is 14.9. The fourth-order valence-electron chi connectivity index (χ4n) is 2.73. The van der Waals surface area contributed by atoms with Crippen molar-refractivity contribution < 1.29 is 0 Å². The summed E-state index contributed by atoms with van der Waals surface area (Å²) in [4.78, 5) is 0. The molecule has 0 aromatic carbocycles. The van der Waals surface area contributed by atoms with Gasteiger partial charge in [-0.25, -0.2) is 0 Å². The van der Waals surface area contributed by atoms with Crippen molar-refractivity contribution in [3.8, 4) is 0 Å². The van der Waals surface area contributed by atoms with Gasteiger partial charge in [-0.1, -0.05) is 39.5 Å². The second-order valence-electron chi connectivity index (χ2n) is 4.60. The maximum absolute atomic E-state index is 3.52. The molecule has 1 N–H and O–H groups in total. The monoisotopic (exact) mass is 183 g/mol. The van der Waals surface area contributed by atoms with Gasteiger partial charge in [0.1, 0.15) is 0 Å². The highest BCUT2D eigenvalue weighted by molar-refractivity contribution is 4.81. The summed E-state index contributed by atoms with van der Waals surface area (Å²) in [5.74, 6) is 1.79. The lowest BCUT2D eigenvalue weighted by atomic mass is 9.78. The molecule has 1 saturated carbocycles. The van der Waals surface area contributed by atoms with Crippen LogP contribution in [0.3, 0.4) is 0 Å². The lowest BCUT2D eigenvalue weighted by molar-refractivity contribution is 0.220. The molecule has 1 rings (SSSR count). The third-order valence-corrected chi connectivity index (χ3v) is 3.75. The Balaban J connectivity index is 2.43. The Morgan fingerprint density at radius 2 is 1.85 bits per heavy atom. The van der Waals surface area contributed by atoms with Gasteiger partial charge in [-0.05, 0) is 31.7 Å². The van der Waals surface area contributed by atoms with Gasteiger partial charge in [0, 0.05) is 6.04 Å². The zero-order chi connectivity index (χ0) is 9.68. The van der Waals surface area contributed by atoms with Crippen molar-refractivity contribution in [1.29, 1.82) is 0 Å². The van der Waals surface area contributed by atoms with Gasteiger partial charge in [0.25, 0.3) is 0 Å². The number of hydrogen-bond acceptors (Lipinski definition) is 1. The minimum atomic E-state index is 0.769. The van der Waals surface area contributed by atoms with Gasteiger partial charge < -0.3 is 5.32 Å². The molecule has 1 aliphatic rings. The number of rotatable bonds is 4. The molecule has 0 aromatic heterocycles. The highest BCUT2D eigenvalue weighted by Gasteiger charge is 2.25. The average Bonchev–Trinajstić information content (AvgIpc) is 2.20. The van der Waals surface area contributed by atoms with E-state index in [1.807, 2.05) is 0 Å². The summed E-state index contributed by atoms with van der Waals surface area (Å²) >= 11 is 0. The van der Waals surface area contributed by atoms with Gasteiger partial charge >= 0.3 is 0 Å². The molecule has 1 fully saturated rings. The van der Waals surface area contributed by atoms with E-state index in [1.165, 1.54) is 38.5 Å². The summed E-state index contributed by atoms with van der Waals surface area (Å²) in [5, 5.41) is 3.52. The van der Waals surface area contributed by atoms with Crippen LogP contribution in [0.25, 0.3) is 0 Å². The molecular weight excluding hydrogens is 158 g/mol. The highest BCUT2D eigenvalue weighted by Crippen LogP contribution is 2.30. The molecule has 13 heavy (non-hydrogen) atoms. The normalized spacial score (nSPS) is 24.2. The molecule has 0 bridgehead atoms. The van der Waals surface area contributed by atoms with E-state index >= 15 is 0 Å². The Morgan fingerprint density at radius 1 is 1.23 bits per heavy atom. The van der Waals surface area contributed by atoms with Crippen molar-refractivity contribution in [2.75, 3.05) is 7.05 Å². The van der Waals surface area contributed by atoms with Crippen molar-refractivity contribution in [2.45, 2.75) is 58.4 Å². The lowest BCUT2D eigenvalue weighted by Gasteiger charge is -2.33. The quantitative estimate of drug-likeness (QED) is 0.706. The van der Waals surface area contributed by atoms with Crippen LogP contribution in [0.5, 0.6) is 0 Å². The van der Waals surface area contributed by atoms with Crippen molar-refractivity contribution in [3.63, 3.8) is 0 Å². The fourth-order valence-corrected chi connectivity index (χ4v) is 2.73. The predicted octanol–water partition coefficient (Wildman–Crippen LogP) is 3.20. The first-order valence-corrected chi connectivity index (χ1v) is 5.96. The van der Waals surface area contributed by atoms with E-state index < -0.39 is 0 Å². The maximum atomic E-state index is 3.52. The van der Waals surface area contributed by atoms with Gasteiger partial charge in [0.2, 0.25) is 0 Å². The molecule has 1 heteroatoms. The molecule has 0 spiro atoms. The summed E-state index contributed by atoms with van der Waals surface area (Å²) in [6.45, 7) is 4.69. The minimum Gasteiger partial charge on any atom is -0.316 e. The van der Waals surface area contributed by atoms with Gasteiger partial charge in [-0.3, -0.25) is 0 Å². The lowest BCUT2D eigenvalue weighted by Crippen LogP contribution is -2.39. The first-order chi connectivity index (χ1) is 6.29. The molecular formula is C12H25N. The summed E-state index contributed by atoms with van der Waals surface area (Å²) in [6, 6.07) is 0.769. The van der Waals surface area contributed by atoms with Crippen molar-refractivity contribution in [1.82, 2.24) is 5.32 Å². The smallest absolute Gasteiger partial charge is 0.0118 e. The van der Waals surface area contributed by atoms with Gasteiger partial charge in [-0.15, -0.1) is 0 Å². The molecule has 0 saturated heterocycles. The molecule has 0 radical (unpaired) electrons. The summed E-state index contributed by atoms with van der Waals surface area (Å²) < 4.78 is 0. The van der Waals surface area contributed by atoms with Crippen LogP contribution in [0.15, 0.2) is 0 Å². The largest absolute Gasteiger partial charge is 0.316 e. The molecule has 1 aliphatic carbocycles. The maximum Gasteiger partial charge on any atom is 0.0118 e. The molecule has 2 atom stereocenters. The topological polar surface area (TPSA) is 12.0 Å². The second kappa shape index (κ2) is 5.64. The number of hydrogen-bond donors (Lipinski definition) is 1. The van der Waals surface area contributed by atoms with Gasteiger partial charge in [0.05, 0.1) is 0 Å². The van der Waals surface area contributed by atoms with Crippen LogP contribution in [0, 0.1) is 11.8 Å². The van der Waals surface area contributed by atoms with E-state index in [1.54, 1.807) is 0 Å². The third-order valence-electron chi connectivity index (χ3n) is 3.75. The van der Waals surface area contributed by atoms with Crippen molar-refractivity contribution in [3.05, 3.63) is 0 Å². The Kier molecular flexibility index (Phi) is 4.79. The average molecular weight is 183 g/mol. The Hall–Kier alpha value is -0.0400. The molecule has 1 nitrogen and oxygen atoms in total. The molecule has 2 unspecified atom stereocenters. The van der Waals surface area contributed by atoms with Gasteiger partial charge in [0.15, 0.2) is 0 Å². The van der Waals surface area contributed by atoms with Crippen LogP contribution in [0.1, 0.15) is 52.4 Å². The minimum absolute atomic E-state index is 0.769. The van der Waals surface area contributed by atoms with E-state index in [0.717, 1.165) is 17.9 Å². The van der Waals surface area contributed by atoms with Crippen LogP contribution in [-0.4, -0.2) is 13.1 Å². The molecule has 0 aliphatic heterocycles. The van der Waals surface area contributed by atoms with Gasteiger partial charge in [-0.2, -0.15) is 0 Å². The third kappa shape index (κ3) is 2.98. The van der Waals surface area contributed by atoms with Crippen LogP contribution in [-0.2, 0) is 0 Å². The van der Waals surface area contributed by atoms with E-state index in [9.17, 15) is 0 Å². The van der Waals surface area contributed by atoms with Crippen LogP contribution in [0.2, 0.25) is 0 Å². The predicted molar refractivity (Wildman–Crippen MR) is 58.9 cm³/mol. The first kappa shape index (κ1) is 11.0. The Morgan fingerprint density at radius 3 is 2.31 bits per heavy atom.